The maximum atomic E-state index is 12.2. The molecule has 0 saturated carbocycles. The lowest BCUT2D eigenvalue weighted by Gasteiger charge is -2.15. The number of sulfonamides is 1. The fourth-order valence-electron chi connectivity index (χ4n) is 1.90. The van der Waals surface area contributed by atoms with Crippen molar-refractivity contribution in [2.75, 3.05) is 13.2 Å². The summed E-state index contributed by atoms with van der Waals surface area (Å²) in [4.78, 5) is 12.1. The van der Waals surface area contributed by atoms with E-state index in [1.165, 1.54) is 12.1 Å². The highest BCUT2D eigenvalue weighted by Crippen LogP contribution is 2.19. The van der Waals surface area contributed by atoms with Gasteiger partial charge in [-0.05, 0) is 51.0 Å². The molecule has 0 aliphatic carbocycles. The standard InChI is InChI=1S/C14H22N2O4S/c1-5-20-10(3)8-16-14(17)13-7-12(21(15,18)19)6-9(2)11(13)4/h6-7,10H,5,8H2,1-4H3,(H,16,17)(H2,15,18,19). The molecule has 0 radical (unpaired) electrons. The molecule has 0 bridgehead atoms. The fraction of sp³-hybridized carbons (Fsp3) is 0.500. The first-order valence-corrected chi connectivity index (χ1v) is 8.25. The molecule has 118 valence electrons. The van der Waals surface area contributed by atoms with Crippen LogP contribution in [0.5, 0.6) is 0 Å². The molecule has 1 atom stereocenters. The first kappa shape index (κ1) is 17.6. The first-order valence-electron chi connectivity index (χ1n) is 6.70. The van der Waals surface area contributed by atoms with Gasteiger partial charge in [-0.25, -0.2) is 13.6 Å². The lowest BCUT2D eigenvalue weighted by molar-refractivity contribution is 0.0694. The molecule has 21 heavy (non-hydrogen) atoms. The van der Waals surface area contributed by atoms with Gasteiger partial charge < -0.3 is 10.1 Å². The van der Waals surface area contributed by atoms with Crippen molar-refractivity contribution in [3.8, 4) is 0 Å². The third-order valence-corrected chi connectivity index (χ3v) is 4.11. The summed E-state index contributed by atoms with van der Waals surface area (Å²) in [6.45, 7) is 8.15. The van der Waals surface area contributed by atoms with Crippen molar-refractivity contribution in [2.24, 2.45) is 5.14 Å². The Bertz CT molecular complexity index is 626. The summed E-state index contributed by atoms with van der Waals surface area (Å²) < 4.78 is 28.2. The minimum atomic E-state index is -3.84. The molecule has 1 rings (SSSR count). The van der Waals surface area contributed by atoms with E-state index in [-0.39, 0.29) is 16.9 Å². The Balaban J connectivity index is 3.01. The van der Waals surface area contributed by atoms with Crippen LogP contribution in [0.4, 0.5) is 0 Å². The van der Waals surface area contributed by atoms with Crippen LogP contribution in [-0.2, 0) is 14.8 Å². The van der Waals surface area contributed by atoms with Crippen molar-refractivity contribution in [2.45, 2.75) is 38.7 Å². The van der Waals surface area contributed by atoms with Gasteiger partial charge >= 0.3 is 0 Å². The Labute approximate surface area is 125 Å². The number of benzene rings is 1. The zero-order chi connectivity index (χ0) is 16.2. The van der Waals surface area contributed by atoms with Crippen LogP contribution >= 0.6 is 0 Å². The van der Waals surface area contributed by atoms with Gasteiger partial charge in [0, 0.05) is 18.7 Å². The Morgan fingerprint density at radius 3 is 2.52 bits per heavy atom. The van der Waals surface area contributed by atoms with Gasteiger partial charge in [-0.1, -0.05) is 0 Å². The van der Waals surface area contributed by atoms with E-state index >= 15 is 0 Å². The summed E-state index contributed by atoms with van der Waals surface area (Å²) >= 11 is 0. The highest BCUT2D eigenvalue weighted by molar-refractivity contribution is 7.89. The number of amides is 1. The maximum absolute atomic E-state index is 12.2. The Morgan fingerprint density at radius 2 is 2.00 bits per heavy atom. The van der Waals surface area contributed by atoms with Gasteiger partial charge in [0.05, 0.1) is 11.0 Å². The summed E-state index contributed by atoms with van der Waals surface area (Å²) in [7, 11) is -3.84. The number of hydrogen-bond donors (Lipinski definition) is 2. The largest absolute Gasteiger partial charge is 0.377 e. The van der Waals surface area contributed by atoms with Gasteiger partial charge in [0.2, 0.25) is 10.0 Å². The maximum Gasteiger partial charge on any atom is 0.251 e. The Morgan fingerprint density at radius 1 is 1.38 bits per heavy atom. The number of carbonyl (C=O) groups is 1. The molecule has 0 fully saturated rings. The zero-order valence-electron chi connectivity index (χ0n) is 12.8. The van der Waals surface area contributed by atoms with Gasteiger partial charge in [0.25, 0.3) is 5.91 Å². The second-order valence-corrected chi connectivity index (χ2v) is 6.50. The van der Waals surface area contributed by atoms with Crippen LogP contribution in [0, 0.1) is 13.8 Å². The highest BCUT2D eigenvalue weighted by atomic mass is 32.2. The monoisotopic (exact) mass is 314 g/mol. The number of aryl methyl sites for hydroxylation is 1. The molecule has 0 aliphatic heterocycles. The average molecular weight is 314 g/mol. The molecule has 0 aromatic heterocycles. The molecule has 6 nitrogen and oxygen atoms in total. The molecule has 1 amide bonds. The van der Waals surface area contributed by atoms with Crippen LogP contribution in [0.15, 0.2) is 17.0 Å². The summed E-state index contributed by atoms with van der Waals surface area (Å²) in [6, 6.07) is 2.77. The van der Waals surface area contributed by atoms with Gasteiger partial charge in [0.15, 0.2) is 0 Å². The molecule has 0 saturated heterocycles. The zero-order valence-corrected chi connectivity index (χ0v) is 13.6. The minimum absolute atomic E-state index is 0.0615. The van der Waals surface area contributed by atoms with Crippen LogP contribution in [-0.4, -0.2) is 33.6 Å². The molecule has 1 aromatic carbocycles. The van der Waals surface area contributed by atoms with Crippen molar-refractivity contribution in [3.05, 3.63) is 28.8 Å². The van der Waals surface area contributed by atoms with Crippen LogP contribution in [0.25, 0.3) is 0 Å². The SMILES string of the molecule is CCOC(C)CNC(=O)c1cc(S(N)(=O)=O)cc(C)c1C. The van der Waals surface area contributed by atoms with Crippen molar-refractivity contribution in [1.29, 1.82) is 0 Å². The van der Waals surface area contributed by atoms with Crippen LogP contribution in [0.1, 0.15) is 35.3 Å². The molecule has 3 N–H and O–H groups in total. The molecular formula is C14H22N2O4S. The predicted molar refractivity (Wildman–Crippen MR) is 80.7 cm³/mol. The Hall–Kier alpha value is -1.44. The normalized spacial score (nSPS) is 13.0. The van der Waals surface area contributed by atoms with Crippen molar-refractivity contribution in [3.63, 3.8) is 0 Å². The smallest absolute Gasteiger partial charge is 0.251 e. The number of ether oxygens (including phenoxy) is 1. The van der Waals surface area contributed by atoms with Gasteiger partial charge in [-0.2, -0.15) is 0 Å². The van der Waals surface area contributed by atoms with E-state index in [9.17, 15) is 13.2 Å². The second kappa shape index (κ2) is 7.02. The van der Waals surface area contributed by atoms with Crippen molar-refractivity contribution < 1.29 is 17.9 Å². The van der Waals surface area contributed by atoms with Crippen molar-refractivity contribution >= 4 is 15.9 Å². The summed E-state index contributed by atoms with van der Waals surface area (Å²) in [5, 5.41) is 7.86. The number of nitrogens with one attached hydrogen (secondary N) is 1. The van der Waals surface area contributed by atoms with Crippen molar-refractivity contribution in [1.82, 2.24) is 5.32 Å². The van der Waals surface area contributed by atoms with E-state index < -0.39 is 10.0 Å². The quantitative estimate of drug-likeness (QED) is 0.821. The van der Waals surface area contributed by atoms with Gasteiger partial charge in [0.1, 0.15) is 0 Å². The molecule has 0 heterocycles. The van der Waals surface area contributed by atoms with E-state index in [1.807, 2.05) is 13.8 Å². The molecule has 1 unspecified atom stereocenters. The van der Waals surface area contributed by atoms with E-state index in [4.69, 9.17) is 9.88 Å². The molecule has 0 aliphatic rings. The average Bonchev–Trinajstić information content (AvgIpc) is 2.38. The Kier molecular flexibility index (Phi) is 5.88. The third kappa shape index (κ3) is 4.80. The minimum Gasteiger partial charge on any atom is -0.377 e. The lowest BCUT2D eigenvalue weighted by Crippen LogP contribution is -2.32. The molecule has 7 heteroatoms. The summed E-state index contributed by atoms with van der Waals surface area (Å²) in [5.41, 5.74) is 1.73. The third-order valence-electron chi connectivity index (χ3n) is 3.22. The fourth-order valence-corrected chi connectivity index (χ4v) is 2.52. The summed E-state index contributed by atoms with van der Waals surface area (Å²) in [5.74, 6) is -0.340. The van der Waals surface area contributed by atoms with Gasteiger partial charge in [-0.15, -0.1) is 0 Å². The van der Waals surface area contributed by atoms with Crippen LogP contribution < -0.4 is 10.5 Å². The van der Waals surface area contributed by atoms with E-state index in [1.54, 1.807) is 13.8 Å². The number of rotatable bonds is 6. The number of primary sulfonamides is 1. The predicted octanol–water partition coefficient (Wildman–Crippen LogP) is 1.11. The topological polar surface area (TPSA) is 98.5 Å². The molecular weight excluding hydrogens is 292 g/mol. The molecule has 0 spiro atoms. The van der Waals surface area contributed by atoms with Crippen LogP contribution in [0.2, 0.25) is 0 Å². The van der Waals surface area contributed by atoms with E-state index in [2.05, 4.69) is 5.32 Å². The van der Waals surface area contributed by atoms with Gasteiger partial charge in [-0.3, -0.25) is 4.79 Å². The first-order chi connectivity index (χ1) is 9.66. The van der Waals surface area contributed by atoms with Crippen LogP contribution in [0.3, 0.4) is 0 Å². The van der Waals surface area contributed by atoms with E-state index in [0.29, 0.717) is 24.3 Å². The molecule has 1 aromatic rings. The number of carbonyl (C=O) groups excluding carboxylic acids is 1. The second-order valence-electron chi connectivity index (χ2n) is 4.93. The van der Waals surface area contributed by atoms with E-state index in [0.717, 1.165) is 5.56 Å². The number of hydrogen-bond acceptors (Lipinski definition) is 4. The highest BCUT2D eigenvalue weighted by Gasteiger charge is 2.17. The number of nitrogens with two attached hydrogens (primary N) is 1. The lowest BCUT2D eigenvalue weighted by atomic mass is 10.0. The summed E-state index contributed by atoms with van der Waals surface area (Å²) in [6.07, 6.45) is -0.109.